The van der Waals surface area contributed by atoms with Crippen molar-refractivity contribution in [2.45, 2.75) is 32.7 Å². The third-order valence-corrected chi connectivity index (χ3v) is 4.31. The van der Waals surface area contributed by atoms with Crippen molar-refractivity contribution in [1.82, 2.24) is 4.98 Å². The molecule has 1 N–H and O–H groups in total. The van der Waals surface area contributed by atoms with E-state index in [1.54, 1.807) is 17.0 Å². The van der Waals surface area contributed by atoms with Crippen LogP contribution in [0, 0.1) is 11.6 Å². The smallest absolute Gasteiger partial charge is 0.214 e. The lowest BCUT2D eigenvalue weighted by atomic mass is 10.0. The van der Waals surface area contributed by atoms with E-state index in [9.17, 15) is 18.7 Å². The van der Waals surface area contributed by atoms with Crippen molar-refractivity contribution in [1.29, 1.82) is 0 Å². The Labute approximate surface area is 150 Å². The van der Waals surface area contributed by atoms with Gasteiger partial charge in [-0.1, -0.05) is 6.07 Å². The highest BCUT2D eigenvalue weighted by Crippen LogP contribution is 2.32. The SMILES string of the molecule is C[C@@H]1CN(c2c(CO)cc(C(=O)c3ccccn3)c(F)c2F)C[C@H](C)O1. The molecule has 1 aliphatic heterocycles. The van der Waals surface area contributed by atoms with Gasteiger partial charge in [0.1, 0.15) is 5.69 Å². The molecule has 7 heteroatoms. The normalized spacial score (nSPS) is 20.3. The largest absolute Gasteiger partial charge is 0.392 e. The van der Waals surface area contributed by atoms with Gasteiger partial charge in [-0.15, -0.1) is 0 Å². The van der Waals surface area contributed by atoms with Crippen molar-refractivity contribution in [3.63, 3.8) is 0 Å². The van der Waals surface area contributed by atoms with Crippen molar-refractivity contribution >= 4 is 11.5 Å². The third kappa shape index (κ3) is 3.45. The number of morpholine rings is 1. The zero-order valence-corrected chi connectivity index (χ0v) is 14.6. The summed E-state index contributed by atoms with van der Waals surface area (Å²) in [6, 6.07) is 5.84. The van der Waals surface area contributed by atoms with Gasteiger partial charge >= 0.3 is 0 Å². The topological polar surface area (TPSA) is 62.7 Å². The molecular formula is C19H20F2N2O3. The van der Waals surface area contributed by atoms with E-state index in [1.165, 1.54) is 18.3 Å². The van der Waals surface area contributed by atoms with Gasteiger partial charge in [0, 0.05) is 24.8 Å². The number of rotatable bonds is 4. The van der Waals surface area contributed by atoms with E-state index in [1.807, 2.05) is 13.8 Å². The van der Waals surface area contributed by atoms with Gasteiger partial charge in [0.15, 0.2) is 11.6 Å². The van der Waals surface area contributed by atoms with Crippen LogP contribution in [-0.2, 0) is 11.3 Å². The monoisotopic (exact) mass is 362 g/mol. The summed E-state index contributed by atoms with van der Waals surface area (Å²) in [7, 11) is 0. The number of pyridine rings is 1. The Balaban J connectivity index is 2.06. The van der Waals surface area contributed by atoms with Crippen molar-refractivity contribution in [2.75, 3.05) is 18.0 Å². The molecule has 0 aliphatic carbocycles. The molecule has 0 saturated carbocycles. The van der Waals surface area contributed by atoms with E-state index < -0.39 is 29.6 Å². The van der Waals surface area contributed by atoms with E-state index in [0.29, 0.717) is 13.1 Å². The van der Waals surface area contributed by atoms with Gasteiger partial charge in [-0.3, -0.25) is 9.78 Å². The van der Waals surface area contributed by atoms with Crippen molar-refractivity contribution in [3.05, 3.63) is 58.9 Å². The number of aliphatic hydroxyl groups is 1. The van der Waals surface area contributed by atoms with Crippen LogP contribution in [0.2, 0.25) is 0 Å². The van der Waals surface area contributed by atoms with E-state index in [2.05, 4.69) is 4.98 Å². The van der Waals surface area contributed by atoms with Gasteiger partial charge in [-0.2, -0.15) is 0 Å². The molecule has 1 aliphatic rings. The second-order valence-corrected chi connectivity index (χ2v) is 6.42. The molecule has 2 heterocycles. The first kappa shape index (κ1) is 18.4. The maximum atomic E-state index is 14.9. The van der Waals surface area contributed by atoms with Gasteiger partial charge in [-0.25, -0.2) is 8.78 Å². The average molecular weight is 362 g/mol. The predicted octanol–water partition coefficient (Wildman–Crippen LogP) is 2.70. The van der Waals surface area contributed by atoms with E-state index in [0.717, 1.165) is 0 Å². The molecule has 2 aromatic rings. The van der Waals surface area contributed by atoms with Gasteiger partial charge < -0.3 is 14.7 Å². The first-order valence-electron chi connectivity index (χ1n) is 8.40. The molecule has 1 aromatic heterocycles. The summed E-state index contributed by atoms with van der Waals surface area (Å²) < 4.78 is 35.2. The Morgan fingerprint density at radius 1 is 1.27 bits per heavy atom. The van der Waals surface area contributed by atoms with Gasteiger partial charge in [0.05, 0.1) is 30.1 Å². The third-order valence-electron chi connectivity index (χ3n) is 4.31. The maximum absolute atomic E-state index is 14.9. The first-order valence-corrected chi connectivity index (χ1v) is 8.40. The fraction of sp³-hybridized carbons (Fsp3) is 0.368. The summed E-state index contributed by atoms with van der Waals surface area (Å²) in [5.41, 5.74) is -0.298. The van der Waals surface area contributed by atoms with Crippen LogP contribution < -0.4 is 4.90 Å². The first-order chi connectivity index (χ1) is 12.4. The van der Waals surface area contributed by atoms with Crippen LogP contribution in [0.25, 0.3) is 0 Å². The molecular weight excluding hydrogens is 342 g/mol. The van der Waals surface area contributed by atoms with Crippen LogP contribution in [0.15, 0.2) is 30.5 Å². The highest BCUT2D eigenvalue weighted by atomic mass is 19.2. The zero-order chi connectivity index (χ0) is 18.8. The number of hydrogen-bond donors (Lipinski definition) is 1. The fourth-order valence-electron chi connectivity index (χ4n) is 3.29. The van der Waals surface area contributed by atoms with E-state index in [-0.39, 0.29) is 29.2 Å². The van der Waals surface area contributed by atoms with Crippen molar-refractivity contribution in [2.24, 2.45) is 0 Å². The number of ketones is 1. The van der Waals surface area contributed by atoms with E-state index in [4.69, 9.17) is 4.74 Å². The minimum atomic E-state index is -1.24. The summed E-state index contributed by atoms with van der Waals surface area (Å²) in [6.07, 6.45) is 1.07. The Morgan fingerprint density at radius 3 is 2.54 bits per heavy atom. The number of aliphatic hydroxyl groups excluding tert-OH is 1. The lowest BCUT2D eigenvalue weighted by Gasteiger charge is -2.38. The molecule has 26 heavy (non-hydrogen) atoms. The second-order valence-electron chi connectivity index (χ2n) is 6.42. The molecule has 0 amide bonds. The fourth-order valence-corrected chi connectivity index (χ4v) is 3.29. The number of ether oxygens (including phenoxy) is 1. The number of carbonyl (C=O) groups excluding carboxylic acids is 1. The number of halogens is 2. The molecule has 138 valence electrons. The number of aromatic nitrogens is 1. The Hall–Kier alpha value is -2.38. The molecule has 0 spiro atoms. The van der Waals surface area contributed by atoms with Crippen LogP contribution >= 0.6 is 0 Å². The number of carbonyl (C=O) groups is 1. The van der Waals surface area contributed by atoms with Gasteiger partial charge in [0.2, 0.25) is 5.78 Å². The van der Waals surface area contributed by atoms with Crippen LogP contribution in [0.3, 0.4) is 0 Å². The standard InChI is InChI=1S/C19H20F2N2O3/c1-11-8-23(9-12(2)26-11)18-13(10-24)7-14(16(20)17(18)21)19(25)15-5-3-4-6-22-15/h3-7,11-12,24H,8-10H2,1-2H3/t11-,12+. The molecule has 0 bridgehead atoms. The summed E-state index contributed by atoms with van der Waals surface area (Å²) in [4.78, 5) is 18.0. The molecule has 0 radical (unpaired) electrons. The minimum absolute atomic E-state index is 0.0102. The highest BCUT2D eigenvalue weighted by Gasteiger charge is 2.30. The number of anilines is 1. The van der Waals surface area contributed by atoms with Crippen LogP contribution in [0.1, 0.15) is 35.5 Å². The molecule has 1 aromatic carbocycles. The second kappa shape index (κ2) is 7.47. The average Bonchev–Trinajstić information content (AvgIpc) is 2.63. The molecule has 0 unspecified atom stereocenters. The lowest BCUT2D eigenvalue weighted by molar-refractivity contribution is -0.00554. The lowest BCUT2D eigenvalue weighted by Crippen LogP contribution is -2.46. The minimum Gasteiger partial charge on any atom is -0.392 e. The Kier molecular flexibility index (Phi) is 5.29. The summed E-state index contributed by atoms with van der Waals surface area (Å²) >= 11 is 0. The summed E-state index contributed by atoms with van der Waals surface area (Å²) in [5, 5.41) is 9.70. The van der Waals surface area contributed by atoms with Crippen LogP contribution in [0.5, 0.6) is 0 Å². The molecule has 3 rings (SSSR count). The quantitative estimate of drug-likeness (QED) is 0.848. The molecule has 1 fully saturated rings. The van der Waals surface area contributed by atoms with Crippen molar-refractivity contribution < 1.29 is 23.4 Å². The summed E-state index contributed by atoms with van der Waals surface area (Å²) in [6.45, 7) is 3.89. The predicted molar refractivity (Wildman–Crippen MR) is 92.2 cm³/mol. The van der Waals surface area contributed by atoms with Gasteiger partial charge in [-0.05, 0) is 32.0 Å². The number of hydrogen-bond acceptors (Lipinski definition) is 5. The number of nitrogens with zero attached hydrogens (tertiary/aromatic N) is 2. The highest BCUT2D eigenvalue weighted by molar-refractivity contribution is 6.08. The molecule has 2 atom stereocenters. The molecule has 1 saturated heterocycles. The van der Waals surface area contributed by atoms with Crippen molar-refractivity contribution in [3.8, 4) is 0 Å². The van der Waals surface area contributed by atoms with Crippen LogP contribution in [0.4, 0.5) is 14.5 Å². The van der Waals surface area contributed by atoms with Gasteiger partial charge in [0.25, 0.3) is 0 Å². The molecule has 5 nitrogen and oxygen atoms in total. The zero-order valence-electron chi connectivity index (χ0n) is 14.6. The Bertz CT molecular complexity index is 804. The Morgan fingerprint density at radius 2 is 1.96 bits per heavy atom. The van der Waals surface area contributed by atoms with Crippen LogP contribution in [-0.4, -0.2) is 41.2 Å². The number of benzene rings is 1. The maximum Gasteiger partial charge on any atom is 0.214 e. The summed E-state index contributed by atoms with van der Waals surface area (Å²) in [5.74, 6) is -3.11. The van der Waals surface area contributed by atoms with E-state index >= 15 is 0 Å².